The lowest BCUT2D eigenvalue weighted by Gasteiger charge is -2.54. The van der Waals surface area contributed by atoms with Gasteiger partial charge in [0.1, 0.15) is 5.78 Å². The zero-order valence-electron chi connectivity index (χ0n) is 12.4. The Morgan fingerprint density at radius 3 is 2.48 bits per heavy atom. The molecule has 3 unspecified atom stereocenters. The Balaban J connectivity index is 2.15. The molecule has 0 aromatic rings. The quantitative estimate of drug-likeness (QED) is 0.746. The van der Waals surface area contributed by atoms with Crippen LogP contribution in [0.1, 0.15) is 39.5 Å². The average molecular weight is 288 g/mol. The molecule has 0 aromatic carbocycles. The molecule has 0 radical (unpaired) electrons. The second kappa shape index (κ2) is 4.47. The predicted molar refractivity (Wildman–Crippen MR) is 76.4 cm³/mol. The van der Waals surface area contributed by atoms with Crippen LogP contribution in [-0.2, 0) is 14.4 Å². The highest BCUT2D eigenvalue weighted by atomic mass is 16.3. The van der Waals surface area contributed by atoms with E-state index in [2.05, 4.69) is 0 Å². The van der Waals surface area contributed by atoms with Crippen molar-refractivity contribution in [1.82, 2.24) is 0 Å². The van der Waals surface area contributed by atoms with Gasteiger partial charge in [0.25, 0.3) is 0 Å². The third kappa shape index (κ3) is 1.75. The maximum atomic E-state index is 12.4. The van der Waals surface area contributed by atoms with Gasteiger partial charge in [-0.2, -0.15) is 0 Å². The minimum Gasteiger partial charge on any atom is -0.395 e. The van der Waals surface area contributed by atoms with Gasteiger partial charge in [0.05, 0.1) is 12.0 Å². The summed E-state index contributed by atoms with van der Waals surface area (Å²) in [4.78, 5) is 36.8. The topological polar surface area (TPSA) is 71.4 Å². The van der Waals surface area contributed by atoms with Crippen molar-refractivity contribution in [3.05, 3.63) is 23.3 Å². The maximum absolute atomic E-state index is 12.4. The number of carbonyl (C=O) groups is 3. The van der Waals surface area contributed by atoms with E-state index >= 15 is 0 Å². The number of Topliss-reactive ketones (excluding diaryl/α,β-unsaturated/α-hetero) is 1. The Bertz CT molecular complexity index is 612. The molecule has 0 aromatic heterocycles. The van der Waals surface area contributed by atoms with Gasteiger partial charge in [-0.05, 0) is 37.3 Å². The molecule has 0 saturated heterocycles. The summed E-state index contributed by atoms with van der Waals surface area (Å²) in [6, 6.07) is 0. The van der Waals surface area contributed by atoms with E-state index < -0.39 is 10.8 Å². The summed E-state index contributed by atoms with van der Waals surface area (Å²) >= 11 is 0. The van der Waals surface area contributed by atoms with Crippen molar-refractivity contribution in [3.8, 4) is 0 Å². The third-order valence-corrected chi connectivity index (χ3v) is 5.86. The monoisotopic (exact) mass is 288 g/mol. The number of ketones is 3. The smallest absolute Gasteiger partial charge is 0.182 e. The highest BCUT2D eigenvalue weighted by Crippen LogP contribution is 2.59. The van der Waals surface area contributed by atoms with Gasteiger partial charge >= 0.3 is 0 Å². The van der Waals surface area contributed by atoms with Gasteiger partial charge in [-0.15, -0.1) is 0 Å². The number of hydrogen-bond acceptors (Lipinski definition) is 4. The number of carbonyl (C=O) groups excluding carboxylic acids is 3. The average Bonchev–Trinajstić information content (AvgIpc) is 2.46. The lowest BCUT2D eigenvalue weighted by atomic mass is 9.48. The number of aliphatic hydroxyl groups is 1. The van der Waals surface area contributed by atoms with E-state index in [1.807, 2.05) is 6.92 Å². The summed E-state index contributed by atoms with van der Waals surface area (Å²) in [5.41, 5.74) is -0.0822. The van der Waals surface area contributed by atoms with Gasteiger partial charge in [-0.1, -0.05) is 13.8 Å². The van der Waals surface area contributed by atoms with Crippen LogP contribution >= 0.6 is 0 Å². The number of aliphatic hydroxyl groups excluding tert-OH is 1. The van der Waals surface area contributed by atoms with Crippen LogP contribution in [0, 0.1) is 16.7 Å². The molecule has 3 rings (SSSR count). The minimum absolute atomic E-state index is 0.0710. The fourth-order valence-electron chi connectivity index (χ4n) is 4.64. The van der Waals surface area contributed by atoms with Gasteiger partial charge in [-0.25, -0.2) is 0 Å². The molecule has 0 bridgehead atoms. The Labute approximate surface area is 123 Å². The van der Waals surface area contributed by atoms with Crippen LogP contribution in [0.25, 0.3) is 0 Å². The van der Waals surface area contributed by atoms with Gasteiger partial charge in [0.2, 0.25) is 0 Å². The molecule has 0 heterocycles. The first kappa shape index (κ1) is 14.4. The second-order valence-electron chi connectivity index (χ2n) is 6.92. The molecule has 1 fully saturated rings. The largest absolute Gasteiger partial charge is 0.395 e. The lowest BCUT2D eigenvalue weighted by Crippen LogP contribution is -2.54. The number of rotatable bonds is 1. The first-order chi connectivity index (χ1) is 9.84. The fraction of sp³-hybridized carbons (Fsp3) is 0.588. The predicted octanol–water partition coefficient (Wildman–Crippen LogP) is 1.77. The summed E-state index contributed by atoms with van der Waals surface area (Å²) in [5.74, 6) is -0.196. The SMILES string of the molecule is CC1(CO)C(=O)CCC2(C)C3=C(CCC12)C(=O)C=CC3=O. The van der Waals surface area contributed by atoms with Crippen LogP contribution in [0.15, 0.2) is 23.3 Å². The summed E-state index contributed by atoms with van der Waals surface area (Å²) in [6.07, 6.45) is 4.83. The molecular weight excluding hydrogens is 268 g/mol. The normalized spacial score (nSPS) is 39.4. The van der Waals surface area contributed by atoms with Crippen molar-refractivity contribution in [3.63, 3.8) is 0 Å². The molecule has 0 amide bonds. The molecule has 1 saturated carbocycles. The molecular formula is C17H20O4. The van der Waals surface area contributed by atoms with Crippen molar-refractivity contribution < 1.29 is 19.5 Å². The van der Waals surface area contributed by atoms with E-state index in [1.165, 1.54) is 12.2 Å². The van der Waals surface area contributed by atoms with Crippen molar-refractivity contribution in [1.29, 1.82) is 0 Å². The van der Waals surface area contributed by atoms with Crippen molar-refractivity contribution in [2.75, 3.05) is 6.61 Å². The molecule has 1 N–H and O–H groups in total. The van der Waals surface area contributed by atoms with Crippen LogP contribution in [0.2, 0.25) is 0 Å². The first-order valence-electron chi connectivity index (χ1n) is 7.49. The Morgan fingerprint density at radius 1 is 1.14 bits per heavy atom. The van der Waals surface area contributed by atoms with Crippen LogP contribution in [-0.4, -0.2) is 29.1 Å². The Morgan fingerprint density at radius 2 is 1.81 bits per heavy atom. The van der Waals surface area contributed by atoms with Crippen LogP contribution in [0.3, 0.4) is 0 Å². The zero-order chi connectivity index (χ0) is 15.4. The van der Waals surface area contributed by atoms with Gasteiger partial charge < -0.3 is 5.11 Å². The molecule has 3 aliphatic carbocycles. The van der Waals surface area contributed by atoms with Gasteiger partial charge in [0.15, 0.2) is 11.6 Å². The summed E-state index contributed by atoms with van der Waals surface area (Å²) in [7, 11) is 0. The van der Waals surface area contributed by atoms with E-state index in [0.29, 0.717) is 36.8 Å². The van der Waals surface area contributed by atoms with E-state index in [-0.39, 0.29) is 29.9 Å². The lowest BCUT2D eigenvalue weighted by molar-refractivity contribution is -0.146. The van der Waals surface area contributed by atoms with Crippen LogP contribution < -0.4 is 0 Å². The third-order valence-electron chi connectivity index (χ3n) is 5.86. The summed E-state index contributed by atoms with van der Waals surface area (Å²) in [6.45, 7) is 3.58. The van der Waals surface area contributed by atoms with Crippen molar-refractivity contribution in [2.24, 2.45) is 16.7 Å². The standard InChI is InChI=1S/C17H20O4/c1-16-8-7-14(21)17(2,9-18)13(16)6-3-10-11(19)4-5-12(20)15(10)16/h4-5,13,18H,3,6-9H2,1-2H3. The Hall–Kier alpha value is -1.55. The van der Waals surface area contributed by atoms with Gasteiger partial charge in [0, 0.05) is 23.0 Å². The van der Waals surface area contributed by atoms with E-state index in [0.717, 1.165) is 0 Å². The minimum atomic E-state index is -0.810. The maximum Gasteiger partial charge on any atom is 0.182 e. The molecule has 0 aliphatic heterocycles. The van der Waals surface area contributed by atoms with Gasteiger partial charge in [-0.3, -0.25) is 14.4 Å². The summed E-state index contributed by atoms with van der Waals surface area (Å²) < 4.78 is 0. The van der Waals surface area contributed by atoms with Crippen molar-refractivity contribution in [2.45, 2.75) is 39.5 Å². The van der Waals surface area contributed by atoms with Crippen LogP contribution in [0.5, 0.6) is 0 Å². The summed E-state index contributed by atoms with van der Waals surface area (Å²) in [5, 5.41) is 9.79. The highest BCUT2D eigenvalue weighted by Gasteiger charge is 2.57. The zero-order valence-corrected chi connectivity index (χ0v) is 12.4. The molecule has 112 valence electrons. The first-order valence-corrected chi connectivity index (χ1v) is 7.49. The van der Waals surface area contributed by atoms with Crippen molar-refractivity contribution >= 4 is 17.3 Å². The number of allylic oxidation sites excluding steroid dienone is 4. The van der Waals surface area contributed by atoms with E-state index in [1.54, 1.807) is 6.92 Å². The molecule has 0 spiro atoms. The van der Waals surface area contributed by atoms with E-state index in [4.69, 9.17) is 0 Å². The molecule has 21 heavy (non-hydrogen) atoms. The number of fused-ring (bicyclic) bond motifs is 2. The number of hydrogen-bond donors (Lipinski definition) is 1. The van der Waals surface area contributed by atoms with E-state index in [9.17, 15) is 19.5 Å². The fourth-order valence-corrected chi connectivity index (χ4v) is 4.64. The second-order valence-corrected chi connectivity index (χ2v) is 6.92. The van der Waals surface area contributed by atoms with Crippen LogP contribution in [0.4, 0.5) is 0 Å². The Kier molecular flexibility index (Phi) is 3.06. The molecule has 3 aliphatic rings. The molecule has 4 heteroatoms. The molecule has 3 atom stereocenters. The highest BCUT2D eigenvalue weighted by molar-refractivity contribution is 6.21. The molecule has 4 nitrogen and oxygen atoms in total.